The Morgan fingerprint density at radius 1 is 1.30 bits per heavy atom. The highest BCUT2D eigenvalue weighted by molar-refractivity contribution is 7.99. The highest BCUT2D eigenvalue weighted by atomic mass is 35.5. The van der Waals surface area contributed by atoms with Crippen molar-refractivity contribution in [1.82, 2.24) is 19.7 Å². The maximum absolute atomic E-state index is 12.6. The van der Waals surface area contributed by atoms with Crippen LogP contribution in [-0.2, 0) is 16.1 Å². The minimum absolute atomic E-state index is 0.118. The number of para-hydroxylation sites is 1. The number of rotatable bonds is 7. The van der Waals surface area contributed by atoms with Crippen molar-refractivity contribution in [3.8, 4) is 11.4 Å². The van der Waals surface area contributed by atoms with Crippen LogP contribution in [0.1, 0.15) is 18.4 Å². The Labute approximate surface area is 200 Å². The van der Waals surface area contributed by atoms with Crippen LogP contribution in [0.3, 0.4) is 0 Å². The average molecular weight is 482 g/mol. The smallest absolute Gasteiger partial charge is 0.234 e. The second kappa shape index (κ2) is 9.59. The topological polar surface area (TPSA) is 84.8 Å². The summed E-state index contributed by atoms with van der Waals surface area (Å²) in [5, 5.41) is 14.2. The summed E-state index contributed by atoms with van der Waals surface area (Å²) in [4.78, 5) is 15.9. The van der Waals surface area contributed by atoms with Gasteiger partial charge in [0.05, 0.1) is 18.4 Å². The summed E-state index contributed by atoms with van der Waals surface area (Å²) in [6, 6.07) is 13.6. The quantitative estimate of drug-likeness (QED) is 0.350. The van der Waals surface area contributed by atoms with Gasteiger partial charge in [-0.25, -0.2) is 0 Å². The van der Waals surface area contributed by atoms with E-state index in [0.717, 1.165) is 47.3 Å². The summed E-state index contributed by atoms with van der Waals surface area (Å²) >= 11 is 7.54. The molecule has 2 aromatic carbocycles. The average Bonchev–Trinajstić information content (AvgIpc) is 3.55. The molecule has 0 spiro atoms. The number of hydrogen-bond donors (Lipinski definition) is 2. The lowest BCUT2D eigenvalue weighted by atomic mass is 10.1. The van der Waals surface area contributed by atoms with Gasteiger partial charge in [-0.3, -0.25) is 9.36 Å². The van der Waals surface area contributed by atoms with E-state index < -0.39 is 0 Å². The highest BCUT2D eigenvalue weighted by Crippen LogP contribution is 2.31. The second-order valence-electron chi connectivity index (χ2n) is 8.10. The van der Waals surface area contributed by atoms with Gasteiger partial charge >= 0.3 is 0 Å². The number of carbonyl (C=O) groups excluding carboxylic acids is 1. The number of fused-ring (bicyclic) bond motifs is 1. The molecule has 170 valence electrons. The number of amides is 1. The van der Waals surface area contributed by atoms with Crippen molar-refractivity contribution in [3.63, 3.8) is 0 Å². The van der Waals surface area contributed by atoms with Gasteiger partial charge in [0, 0.05) is 40.0 Å². The third-order valence-electron chi connectivity index (χ3n) is 5.75. The first-order chi connectivity index (χ1) is 16.1. The monoisotopic (exact) mass is 481 g/mol. The number of H-pyrrole nitrogens is 1. The predicted molar refractivity (Wildman–Crippen MR) is 132 cm³/mol. The SMILES string of the molecule is Cc1ccc(NC(=O)CSc2nnc(-c3c[nH]c4ccccc34)n2CC2CCCO2)cc1Cl. The molecule has 33 heavy (non-hydrogen) atoms. The van der Waals surface area contributed by atoms with E-state index in [2.05, 4.69) is 31.1 Å². The zero-order valence-corrected chi connectivity index (χ0v) is 19.7. The molecule has 7 nitrogen and oxygen atoms in total. The van der Waals surface area contributed by atoms with Crippen molar-refractivity contribution in [3.05, 3.63) is 59.2 Å². The first-order valence-electron chi connectivity index (χ1n) is 10.9. The number of benzene rings is 2. The summed E-state index contributed by atoms with van der Waals surface area (Å²) in [5.41, 5.74) is 3.68. The molecule has 0 saturated carbocycles. The van der Waals surface area contributed by atoms with E-state index in [0.29, 0.717) is 22.4 Å². The van der Waals surface area contributed by atoms with Crippen molar-refractivity contribution in [2.75, 3.05) is 17.7 Å². The number of carbonyl (C=O) groups is 1. The molecule has 2 N–H and O–H groups in total. The van der Waals surface area contributed by atoms with Gasteiger partial charge in [-0.05, 0) is 43.5 Å². The third-order valence-corrected chi connectivity index (χ3v) is 7.12. The molecule has 1 aliphatic rings. The predicted octanol–water partition coefficient (Wildman–Crippen LogP) is 5.30. The molecule has 0 aliphatic carbocycles. The van der Waals surface area contributed by atoms with Crippen LogP contribution in [0.5, 0.6) is 0 Å². The van der Waals surface area contributed by atoms with E-state index >= 15 is 0 Å². The lowest BCUT2D eigenvalue weighted by molar-refractivity contribution is -0.113. The first kappa shape index (κ1) is 22.0. The molecule has 9 heteroatoms. The Kier molecular flexibility index (Phi) is 6.39. The molecule has 1 atom stereocenters. The van der Waals surface area contributed by atoms with Gasteiger partial charge in [-0.1, -0.05) is 47.6 Å². The molecular formula is C24H24ClN5O2S. The largest absolute Gasteiger partial charge is 0.376 e. The minimum atomic E-state index is -0.125. The number of nitrogens with zero attached hydrogens (tertiary/aromatic N) is 3. The number of aromatic amines is 1. The normalized spacial score (nSPS) is 15.9. The van der Waals surface area contributed by atoms with Gasteiger partial charge in [0.25, 0.3) is 0 Å². The van der Waals surface area contributed by atoms with Gasteiger partial charge in [0.1, 0.15) is 0 Å². The molecule has 0 radical (unpaired) electrons. The summed E-state index contributed by atoms with van der Waals surface area (Å²) in [6.07, 6.45) is 4.14. The maximum Gasteiger partial charge on any atom is 0.234 e. The van der Waals surface area contributed by atoms with Crippen molar-refractivity contribution >= 4 is 45.9 Å². The number of hydrogen-bond acceptors (Lipinski definition) is 5. The number of anilines is 1. The van der Waals surface area contributed by atoms with Crippen LogP contribution in [-0.4, -0.2) is 44.1 Å². The van der Waals surface area contributed by atoms with E-state index in [1.54, 1.807) is 6.07 Å². The number of ether oxygens (including phenoxy) is 1. The van der Waals surface area contributed by atoms with E-state index in [4.69, 9.17) is 16.3 Å². The fourth-order valence-corrected chi connectivity index (χ4v) is 4.93. The lowest BCUT2D eigenvalue weighted by Gasteiger charge is -2.14. The Bertz CT molecular complexity index is 1300. The van der Waals surface area contributed by atoms with Crippen LogP contribution in [0, 0.1) is 6.92 Å². The number of halogens is 1. The summed E-state index contributed by atoms with van der Waals surface area (Å²) in [6.45, 7) is 3.36. The molecule has 1 amide bonds. The fourth-order valence-electron chi connectivity index (χ4n) is 4.01. The minimum Gasteiger partial charge on any atom is -0.376 e. The summed E-state index contributed by atoms with van der Waals surface area (Å²) in [5.74, 6) is 0.861. The Morgan fingerprint density at radius 3 is 3.00 bits per heavy atom. The third kappa shape index (κ3) is 4.78. The molecule has 0 bridgehead atoms. The van der Waals surface area contributed by atoms with Gasteiger partial charge in [-0.2, -0.15) is 0 Å². The molecule has 1 saturated heterocycles. The van der Waals surface area contributed by atoms with Crippen LogP contribution in [0.15, 0.2) is 53.8 Å². The van der Waals surface area contributed by atoms with Gasteiger partial charge in [-0.15, -0.1) is 10.2 Å². The molecule has 5 rings (SSSR count). The maximum atomic E-state index is 12.6. The molecule has 1 aliphatic heterocycles. The van der Waals surface area contributed by atoms with Crippen molar-refractivity contribution < 1.29 is 9.53 Å². The zero-order valence-electron chi connectivity index (χ0n) is 18.2. The van der Waals surface area contributed by atoms with Gasteiger partial charge in [0.2, 0.25) is 5.91 Å². The number of aryl methyl sites for hydroxylation is 1. The van der Waals surface area contributed by atoms with E-state index in [9.17, 15) is 4.79 Å². The second-order valence-corrected chi connectivity index (χ2v) is 9.45. The van der Waals surface area contributed by atoms with Crippen LogP contribution in [0.25, 0.3) is 22.3 Å². The Morgan fingerprint density at radius 2 is 2.18 bits per heavy atom. The number of nitrogens with one attached hydrogen (secondary N) is 2. The fraction of sp³-hybridized carbons (Fsp3) is 0.292. The van der Waals surface area contributed by atoms with E-state index in [1.807, 2.05) is 43.5 Å². The molecule has 2 aromatic heterocycles. The summed E-state index contributed by atoms with van der Waals surface area (Å²) in [7, 11) is 0. The molecule has 4 aromatic rings. The lowest BCUT2D eigenvalue weighted by Crippen LogP contribution is -2.18. The van der Waals surface area contributed by atoms with Crippen LogP contribution < -0.4 is 5.32 Å². The van der Waals surface area contributed by atoms with Crippen LogP contribution >= 0.6 is 23.4 Å². The zero-order chi connectivity index (χ0) is 22.8. The van der Waals surface area contributed by atoms with Crippen molar-refractivity contribution in [2.24, 2.45) is 0 Å². The first-order valence-corrected chi connectivity index (χ1v) is 12.2. The van der Waals surface area contributed by atoms with E-state index in [1.165, 1.54) is 11.8 Å². The Hall–Kier alpha value is -2.81. The summed E-state index contributed by atoms with van der Waals surface area (Å²) < 4.78 is 7.96. The highest BCUT2D eigenvalue weighted by Gasteiger charge is 2.23. The standard InChI is InChI=1S/C24H24ClN5O2S/c1-15-8-9-16(11-20(15)25)27-22(31)14-33-24-29-28-23(30(24)13-17-5-4-10-32-17)19-12-26-21-7-3-2-6-18(19)21/h2-3,6-9,11-12,17,26H,4-5,10,13-14H2,1H3,(H,27,31). The Balaban J connectivity index is 1.37. The van der Waals surface area contributed by atoms with Crippen LogP contribution in [0.2, 0.25) is 5.02 Å². The van der Waals surface area contributed by atoms with Crippen LogP contribution in [0.4, 0.5) is 5.69 Å². The van der Waals surface area contributed by atoms with Crippen molar-refractivity contribution in [1.29, 1.82) is 0 Å². The van der Waals surface area contributed by atoms with Gasteiger partial charge < -0.3 is 15.0 Å². The molecular weight excluding hydrogens is 458 g/mol. The number of thioether (sulfide) groups is 1. The molecule has 1 fully saturated rings. The molecule has 3 heterocycles. The van der Waals surface area contributed by atoms with Gasteiger partial charge in [0.15, 0.2) is 11.0 Å². The molecule has 1 unspecified atom stereocenters. The van der Waals surface area contributed by atoms with E-state index in [-0.39, 0.29) is 17.8 Å². The van der Waals surface area contributed by atoms with Crippen molar-refractivity contribution in [2.45, 2.75) is 37.6 Å². The number of aromatic nitrogens is 4.